The molecule has 20 heavy (non-hydrogen) atoms. The normalized spacial score (nSPS) is 14.0. The van der Waals surface area contributed by atoms with Crippen molar-refractivity contribution < 1.29 is 0 Å². The van der Waals surface area contributed by atoms with Gasteiger partial charge in [-0.3, -0.25) is 0 Å². The second kappa shape index (κ2) is 7.42. The Morgan fingerprint density at radius 3 is 2.25 bits per heavy atom. The highest BCUT2D eigenvalue weighted by molar-refractivity contribution is 9.10. The monoisotopic (exact) mass is 394 g/mol. The molecule has 0 nitrogen and oxygen atoms in total. The topological polar surface area (TPSA) is 0 Å². The van der Waals surface area contributed by atoms with Crippen LogP contribution in [0, 0.1) is 0 Å². The Morgan fingerprint density at radius 2 is 1.65 bits per heavy atom. The summed E-state index contributed by atoms with van der Waals surface area (Å²) in [7, 11) is 0. The number of benzene rings is 2. The van der Waals surface area contributed by atoms with E-state index in [0.29, 0.717) is 10.7 Å². The van der Waals surface area contributed by atoms with Crippen LogP contribution < -0.4 is 0 Å². The minimum absolute atomic E-state index is 0.364. The molecule has 2 rings (SSSR count). The van der Waals surface area contributed by atoms with E-state index in [9.17, 15) is 0 Å². The molecule has 0 aliphatic heterocycles. The first kappa shape index (κ1) is 15.8. The maximum Gasteiger partial charge on any atom is 0.0435 e. The fourth-order valence-corrected chi connectivity index (χ4v) is 3.38. The Kier molecular flexibility index (Phi) is 5.86. The fourth-order valence-electron chi connectivity index (χ4n) is 2.26. The summed E-state index contributed by atoms with van der Waals surface area (Å²) in [6, 6.07) is 17.5. The van der Waals surface area contributed by atoms with Gasteiger partial charge in [0.15, 0.2) is 0 Å². The lowest BCUT2D eigenvalue weighted by molar-refractivity contribution is 0.733. The van der Waals surface area contributed by atoms with Crippen LogP contribution in [0.1, 0.15) is 47.7 Å². The molecule has 0 aliphatic carbocycles. The lowest BCUT2D eigenvalue weighted by Gasteiger charge is -2.13. The van der Waals surface area contributed by atoms with Crippen LogP contribution >= 0.6 is 31.9 Å². The standard InChI is InChI=1S/C18H20Br2/c1-3-13(2)15-7-9-16(10-8-15)18(20)12-14-5-4-6-17(19)11-14/h4-11,13,18H,3,12H2,1-2H3. The molecule has 2 atom stereocenters. The molecule has 2 unspecified atom stereocenters. The van der Waals surface area contributed by atoms with Crippen LogP contribution in [0.5, 0.6) is 0 Å². The van der Waals surface area contributed by atoms with Crippen LogP contribution in [-0.2, 0) is 6.42 Å². The van der Waals surface area contributed by atoms with Gasteiger partial charge in [-0.15, -0.1) is 0 Å². The Bertz CT molecular complexity index is 546. The molecule has 0 amide bonds. The Balaban J connectivity index is 2.07. The van der Waals surface area contributed by atoms with Gasteiger partial charge >= 0.3 is 0 Å². The average Bonchev–Trinajstić information content (AvgIpc) is 2.46. The summed E-state index contributed by atoms with van der Waals surface area (Å²) in [5.41, 5.74) is 4.11. The van der Waals surface area contributed by atoms with E-state index in [4.69, 9.17) is 0 Å². The van der Waals surface area contributed by atoms with Gasteiger partial charge in [0, 0.05) is 9.30 Å². The second-order valence-corrected chi connectivity index (χ2v) is 7.30. The molecule has 0 bridgehead atoms. The van der Waals surface area contributed by atoms with Gasteiger partial charge in [0.25, 0.3) is 0 Å². The summed E-state index contributed by atoms with van der Waals surface area (Å²) >= 11 is 7.34. The molecule has 0 radical (unpaired) electrons. The molecule has 0 fully saturated rings. The second-order valence-electron chi connectivity index (χ2n) is 5.28. The van der Waals surface area contributed by atoms with Crippen molar-refractivity contribution in [3.8, 4) is 0 Å². The molecule has 2 heteroatoms. The highest BCUT2D eigenvalue weighted by Crippen LogP contribution is 2.29. The summed E-state index contributed by atoms with van der Waals surface area (Å²) in [6.07, 6.45) is 2.19. The van der Waals surface area contributed by atoms with Gasteiger partial charge in [0.1, 0.15) is 0 Å². The molecule has 106 valence electrons. The third-order valence-corrected chi connectivity index (χ3v) is 5.13. The van der Waals surface area contributed by atoms with Crippen molar-refractivity contribution in [2.75, 3.05) is 0 Å². The van der Waals surface area contributed by atoms with E-state index in [1.165, 1.54) is 23.1 Å². The van der Waals surface area contributed by atoms with Gasteiger partial charge < -0.3 is 0 Å². The van der Waals surface area contributed by atoms with Gasteiger partial charge in [-0.2, -0.15) is 0 Å². The van der Waals surface area contributed by atoms with Gasteiger partial charge in [0.2, 0.25) is 0 Å². The van der Waals surface area contributed by atoms with E-state index in [1.54, 1.807) is 0 Å². The summed E-state index contributed by atoms with van der Waals surface area (Å²) in [6.45, 7) is 4.52. The third kappa shape index (κ3) is 4.20. The Morgan fingerprint density at radius 1 is 1.00 bits per heavy atom. The first-order valence-corrected chi connectivity index (χ1v) is 8.79. The number of hydrogen-bond acceptors (Lipinski definition) is 0. The molecule has 0 saturated heterocycles. The largest absolute Gasteiger partial charge is 0.0835 e. The third-order valence-electron chi connectivity index (χ3n) is 3.78. The van der Waals surface area contributed by atoms with Gasteiger partial charge in [-0.05, 0) is 47.6 Å². The lowest BCUT2D eigenvalue weighted by Crippen LogP contribution is -1.97. The van der Waals surface area contributed by atoms with Gasteiger partial charge in [-0.1, -0.05) is 82.1 Å². The predicted octanol–water partition coefficient (Wildman–Crippen LogP) is 6.64. The van der Waals surface area contributed by atoms with Crippen LogP contribution in [0.3, 0.4) is 0 Å². The molecular weight excluding hydrogens is 376 g/mol. The van der Waals surface area contributed by atoms with Crippen molar-refractivity contribution in [2.45, 2.75) is 37.4 Å². The highest BCUT2D eigenvalue weighted by atomic mass is 79.9. The van der Waals surface area contributed by atoms with Crippen molar-refractivity contribution in [2.24, 2.45) is 0 Å². The summed E-state index contributed by atoms with van der Waals surface area (Å²) < 4.78 is 1.14. The zero-order chi connectivity index (χ0) is 14.5. The van der Waals surface area contributed by atoms with Gasteiger partial charge in [0.05, 0.1) is 0 Å². The maximum absolute atomic E-state index is 3.81. The van der Waals surface area contributed by atoms with E-state index >= 15 is 0 Å². The summed E-state index contributed by atoms with van der Waals surface area (Å²) in [5, 5.41) is 0. The number of hydrogen-bond donors (Lipinski definition) is 0. The van der Waals surface area contributed by atoms with Gasteiger partial charge in [-0.25, -0.2) is 0 Å². The van der Waals surface area contributed by atoms with Crippen LogP contribution in [0.15, 0.2) is 53.0 Å². The SMILES string of the molecule is CCC(C)c1ccc(C(Br)Cc2cccc(Br)c2)cc1. The Hall–Kier alpha value is -0.600. The fraction of sp³-hybridized carbons (Fsp3) is 0.333. The van der Waals surface area contributed by atoms with Crippen molar-refractivity contribution in [1.29, 1.82) is 0 Å². The first-order valence-electron chi connectivity index (χ1n) is 7.08. The predicted molar refractivity (Wildman–Crippen MR) is 94.7 cm³/mol. The van der Waals surface area contributed by atoms with Crippen molar-refractivity contribution in [3.63, 3.8) is 0 Å². The molecule has 0 aromatic heterocycles. The minimum Gasteiger partial charge on any atom is -0.0835 e. The summed E-state index contributed by atoms with van der Waals surface area (Å²) in [5.74, 6) is 0.642. The lowest BCUT2D eigenvalue weighted by atomic mass is 9.96. The van der Waals surface area contributed by atoms with Crippen molar-refractivity contribution in [1.82, 2.24) is 0 Å². The average molecular weight is 396 g/mol. The van der Waals surface area contributed by atoms with Crippen LogP contribution in [0.4, 0.5) is 0 Å². The van der Waals surface area contributed by atoms with E-state index in [2.05, 4.69) is 94.2 Å². The molecular formula is C18H20Br2. The number of alkyl halides is 1. The molecule has 0 N–H and O–H groups in total. The quantitative estimate of drug-likeness (QED) is 0.497. The van der Waals surface area contributed by atoms with E-state index < -0.39 is 0 Å². The molecule has 0 heterocycles. The van der Waals surface area contributed by atoms with Crippen LogP contribution in [0.25, 0.3) is 0 Å². The molecule has 0 saturated carbocycles. The van der Waals surface area contributed by atoms with E-state index in [-0.39, 0.29) is 0 Å². The number of rotatable bonds is 5. The molecule has 2 aromatic rings. The Labute approximate surface area is 138 Å². The van der Waals surface area contributed by atoms with E-state index in [1.807, 2.05) is 0 Å². The maximum atomic E-state index is 3.81. The number of halogens is 2. The molecule has 0 aliphatic rings. The zero-order valence-corrected chi connectivity index (χ0v) is 15.1. The van der Waals surface area contributed by atoms with E-state index in [0.717, 1.165) is 10.9 Å². The van der Waals surface area contributed by atoms with Crippen molar-refractivity contribution >= 4 is 31.9 Å². The summed E-state index contributed by atoms with van der Waals surface area (Å²) in [4.78, 5) is 0.364. The van der Waals surface area contributed by atoms with Crippen LogP contribution in [0.2, 0.25) is 0 Å². The smallest absolute Gasteiger partial charge is 0.0435 e. The first-order chi connectivity index (χ1) is 9.60. The molecule has 2 aromatic carbocycles. The minimum atomic E-state index is 0.364. The highest BCUT2D eigenvalue weighted by Gasteiger charge is 2.10. The van der Waals surface area contributed by atoms with Crippen molar-refractivity contribution in [3.05, 3.63) is 69.7 Å². The zero-order valence-electron chi connectivity index (χ0n) is 11.9. The van der Waals surface area contributed by atoms with Crippen LogP contribution in [-0.4, -0.2) is 0 Å². The molecule has 0 spiro atoms.